The Morgan fingerprint density at radius 1 is 1.21 bits per heavy atom. The number of piperidine rings is 1. The Morgan fingerprint density at radius 2 is 2.11 bits per heavy atom. The van der Waals surface area contributed by atoms with Crippen LogP contribution in [0.3, 0.4) is 0 Å². The average molecular weight is 264 g/mol. The van der Waals surface area contributed by atoms with E-state index in [1.165, 1.54) is 25.8 Å². The molecule has 2 atom stereocenters. The van der Waals surface area contributed by atoms with Gasteiger partial charge in [-0.1, -0.05) is 13.3 Å². The number of aromatic nitrogens is 3. The second-order valence-corrected chi connectivity index (χ2v) is 5.81. The van der Waals surface area contributed by atoms with Crippen molar-refractivity contribution in [1.82, 2.24) is 19.7 Å². The molecule has 3 rings (SSSR count). The monoisotopic (exact) mass is 264 g/mol. The third kappa shape index (κ3) is 2.41. The lowest BCUT2D eigenvalue weighted by Gasteiger charge is -2.35. The van der Waals surface area contributed by atoms with E-state index in [1.807, 2.05) is 0 Å². The topological polar surface area (TPSA) is 54.2 Å². The minimum Gasteiger partial charge on any atom is -0.396 e. The van der Waals surface area contributed by atoms with Gasteiger partial charge in [-0.15, -0.1) is 10.2 Å². The van der Waals surface area contributed by atoms with Gasteiger partial charge in [-0.25, -0.2) is 0 Å². The van der Waals surface area contributed by atoms with Gasteiger partial charge in [0.25, 0.3) is 0 Å². The molecule has 1 saturated heterocycles. The Labute approximate surface area is 114 Å². The maximum Gasteiger partial charge on any atom is 0.150 e. The number of fused-ring (bicyclic) bond motifs is 1. The van der Waals surface area contributed by atoms with Crippen molar-refractivity contribution in [2.75, 3.05) is 19.7 Å². The standard InChI is InChI=1S/C14H24N4O/c1-2-17-7-4-3-5-12(17)14-16-15-13-9-11(10-19)6-8-18(13)14/h11-12,19H,2-10H2,1H3. The van der Waals surface area contributed by atoms with Gasteiger partial charge in [0.1, 0.15) is 11.6 Å². The Hall–Kier alpha value is -0.940. The predicted molar refractivity (Wildman–Crippen MR) is 72.8 cm³/mol. The summed E-state index contributed by atoms with van der Waals surface area (Å²) in [5.41, 5.74) is 0. The normalized spacial score (nSPS) is 28.3. The van der Waals surface area contributed by atoms with Gasteiger partial charge < -0.3 is 9.67 Å². The van der Waals surface area contributed by atoms with Crippen LogP contribution in [0.1, 0.15) is 50.3 Å². The van der Waals surface area contributed by atoms with E-state index >= 15 is 0 Å². The Bertz CT molecular complexity index is 431. The lowest BCUT2D eigenvalue weighted by atomic mass is 9.97. The smallest absolute Gasteiger partial charge is 0.150 e. The number of aliphatic hydroxyl groups excluding tert-OH is 1. The molecule has 0 bridgehead atoms. The molecule has 2 unspecified atom stereocenters. The van der Waals surface area contributed by atoms with Crippen molar-refractivity contribution in [3.8, 4) is 0 Å². The highest BCUT2D eigenvalue weighted by Gasteiger charge is 2.30. The van der Waals surface area contributed by atoms with Crippen LogP contribution in [0.4, 0.5) is 0 Å². The molecule has 2 aliphatic heterocycles. The number of hydrogen-bond acceptors (Lipinski definition) is 4. The molecular formula is C14H24N4O. The van der Waals surface area contributed by atoms with Gasteiger partial charge in [0, 0.05) is 19.6 Å². The molecule has 0 amide bonds. The van der Waals surface area contributed by atoms with E-state index in [0.29, 0.717) is 12.0 Å². The fourth-order valence-corrected chi connectivity index (χ4v) is 3.48. The highest BCUT2D eigenvalue weighted by Crippen LogP contribution is 2.31. The third-order valence-electron chi connectivity index (χ3n) is 4.66. The summed E-state index contributed by atoms with van der Waals surface area (Å²) in [4.78, 5) is 2.53. The van der Waals surface area contributed by atoms with Crippen LogP contribution in [0, 0.1) is 5.92 Å². The number of likely N-dealkylation sites (tertiary alicyclic amines) is 1. The van der Waals surface area contributed by atoms with Crippen molar-refractivity contribution in [2.45, 2.75) is 51.6 Å². The quantitative estimate of drug-likeness (QED) is 0.896. The maximum absolute atomic E-state index is 9.29. The van der Waals surface area contributed by atoms with Crippen molar-refractivity contribution in [2.24, 2.45) is 5.92 Å². The molecule has 0 radical (unpaired) electrons. The lowest BCUT2D eigenvalue weighted by molar-refractivity contribution is 0.143. The van der Waals surface area contributed by atoms with Crippen molar-refractivity contribution in [3.05, 3.63) is 11.6 Å². The van der Waals surface area contributed by atoms with Crippen LogP contribution >= 0.6 is 0 Å². The van der Waals surface area contributed by atoms with Crippen molar-refractivity contribution >= 4 is 0 Å². The van der Waals surface area contributed by atoms with E-state index in [0.717, 1.165) is 37.6 Å². The third-order valence-corrected chi connectivity index (χ3v) is 4.66. The lowest BCUT2D eigenvalue weighted by Crippen LogP contribution is -2.35. The van der Waals surface area contributed by atoms with E-state index in [1.54, 1.807) is 0 Å². The zero-order valence-corrected chi connectivity index (χ0v) is 11.8. The zero-order valence-electron chi connectivity index (χ0n) is 11.8. The number of hydrogen-bond donors (Lipinski definition) is 1. The summed E-state index contributed by atoms with van der Waals surface area (Å²) in [5.74, 6) is 2.60. The van der Waals surface area contributed by atoms with Crippen LogP contribution in [-0.2, 0) is 13.0 Å². The SMILES string of the molecule is CCN1CCCCC1c1nnc2n1CCC(CO)C2. The second-order valence-electron chi connectivity index (χ2n) is 5.81. The first kappa shape index (κ1) is 13.1. The molecule has 0 aliphatic carbocycles. The van der Waals surface area contributed by atoms with Crippen LogP contribution in [-0.4, -0.2) is 44.5 Å². The van der Waals surface area contributed by atoms with Gasteiger partial charge in [-0.2, -0.15) is 0 Å². The Morgan fingerprint density at radius 3 is 2.89 bits per heavy atom. The molecule has 1 fully saturated rings. The molecular weight excluding hydrogens is 240 g/mol. The van der Waals surface area contributed by atoms with Crippen LogP contribution in [0.5, 0.6) is 0 Å². The van der Waals surface area contributed by atoms with Gasteiger partial charge in [0.05, 0.1) is 6.04 Å². The molecule has 19 heavy (non-hydrogen) atoms. The van der Waals surface area contributed by atoms with Crippen LogP contribution < -0.4 is 0 Å². The van der Waals surface area contributed by atoms with Crippen LogP contribution in [0.2, 0.25) is 0 Å². The summed E-state index contributed by atoms with van der Waals surface area (Å²) in [5, 5.41) is 18.1. The summed E-state index contributed by atoms with van der Waals surface area (Å²) < 4.78 is 2.31. The van der Waals surface area contributed by atoms with Gasteiger partial charge >= 0.3 is 0 Å². The summed E-state index contributed by atoms with van der Waals surface area (Å²) >= 11 is 0. The fraction of sp³-hybridized carbons (Fsp3) is 0.857. The van der Waals surface area contributed by atoms with Gasteiger partial charge in [-0.3, -0.25) is 4.90 Å². The Kier molecular flexibility index (Phi) is 3.84. The van der Waals surface area contributed by atoms with E-state index in [2.05, 4.69) is 26.6 Å². The Balaban J connectivity index is 1.84. The van der Waals surface area contributed by atoms with Crippen LogP contribution in [0.25, 0.3) is 0 Å². The summed E-state index contributed by atoms with van der Waals surface area (Å²) in [7, 11) is 0. The largest absolute Gasteiger partial charge is 0.396 e. The number of aliphatic hydroxyl groups is 1. The molecule has 1 aromatic rings. The first-order valence-corrected chi connectivity index (χ1v) is 7.60. The molecule has 3 heterocycles. The summed E-state index contributed by atoms with van der Waals surface area (Å²) in [6.07, 6.45) is 5.73. The molecule has 1 N–H and O–H groups in total. The van der Waals surface area contributed by atoms with Gasteiger partial charge in [0.15, 0.2) is 0 Å². The zero-order chi connectivity index (χ0) is 13.2. The van der Waals surface area contributed by atoms with Gasteiger partial charge in [0.2, 0.25) is 0 Å². The average Bonchev–Trinajstić information content (AvgIpc) is 2.89. The molecule has 0 saturated carbocycles. The highest BCUT2D eigenvalue weighted by atomic mass is 16.3. The van der Waals surface area contributed by atoms with Gasteiger partial charge in [-0.05, 0) is 38.3 Å². The fourth-order valence-electron chi connectivity index (χ4n) is 3.48. The number of rotatable bonds is 3. The number of nitrogens with zero attached hydrogens (tertiary/aromatic N) is 4. The van der Waals surface area contributed by atoms with E-state index in [4.69, 9.17) is 0 Å². The van der Waals surface area contributed by atoms with Crippen LogP contribution in [0.15, 0.2) is 0 Å². The minimum absolute atomic E-state index is 0.271. The van der Waals surface area contributed by atoms with Crippen molar-refractivity contribution in [1.29, 1.82) is 0 Å². The second kappa shape index (κ2) is 5.59. The first-order valence-electron chi connectivity index (χ1n) is 7.60. The van der Waals surface area contributed by atoms with E-state index in [-0.39, 0.29) is 6.61 Å². The molecule has 5 nitrogen and oxygen atoms in total. The molecule has 0 aromatic carbocycles. The molecule has 5 heteroatoms. The predicted octanol–water partition coefficient (Wildman–Crippen LogP) is 1.38. The van der Waals surface area contributed by atoms with Crippen molar-refractivity contribution in [3.63, 3.8) is 0 Å². The highest BCUT2D eigenvalue weighted by molar-refractivity contribution is 5.06. The molecule has 106 valence electrons. The molecule has 1 aromatic heterocycles. The molecule has 2 aliphatic rings. The minimum atomic E-state index is 0.271. The summed E-state index contributed by atoms with van der Waals surface area (Å²) in [6.45, 7) is 5.74. The maximum atomic E-state index is 9.29. The van der Waals surface area contributed by atoms with Crippen molar-refractivity contribution < 1.29 is 5.11 Å². The van der Waals surface area contributed by atoms with E-state index < -0.39 is 0 Å². The first-order chi connectivity index (χ1) is 9.33. The van der Waals surface area contributed by atoms with E-state index in [9.17, 15) is 5.11 Å². The molecule has 0 spiro atoms. The summed E-state index contributed by atoms with van der Waals surface area (Å²) in [6, 6.07) is 0.450.